The maximum atomic E-state index is 3.91. The highest BCUT2D eigenvalue weighted by atomic mass is 127. The quantitative estimate of drug-likeness (QED) is 0.287. The Morgan fingerprint density at radius 1 is 1.30 bits per heavy atom. The summed E-state index contributed by atoms with van der Waals surface area (Å²) in [5.41, 5.74) is 7.68. The first-order valence-electron chi connectivity index (χ1n) is 8.48. The molecule has 0 aromatic heterocycles. The standard InChI is InChI=1S/C22H25I/c1-4-8-16(9-7-14-23)17-12-13-19-18-10-5-6-11-20(18)22(2,3)21(19)15-17/h4-6,8,10-13,21H,1,7,9,14-15H2,2-3H3/b16-8+. The van der Waals surface area contributed by atoms with Crippen molar-refractivity contribution < 1.29 is 0 Å². The first-order valence-corrected chi connectivity index (χ1v) is 10.0. The van der Waals surface area contributed by atoms with Crippen LogP contribution in [0.5, 0.6) is 0 Å². The molecule has 0 aliphatic heterocycles. The van der Waals surface area contributed by atoms with Crippen LogP contribution in [0.25, 0.3) is 5.57 Å². The van der Waals surface area contributed by atoms with Crippen molar-refractivity contribution in [3.63, 3.8) is 0 Å². The van der Waals surface area contributed by atoms with E-state index in [1.54, 1.807) is 0 Å². The predicted molar refractivity (Wildman–Crippen MR) is 110 cm³/mol. The fourth-order valence-corrected chi connectivity index (χ4v) is 4.48. The molecule has 0 heterocycles. The summed E-state index contributed by atoms with van der Waals surface area (Å²) in [5, 5.41) is 0. The Morgan fingerprint density at radius 3 is 2.83 bits per heavy atom. The molecule has 1 aromatic rings. The Labute approximate surface area is 154 Å². The lowest BCUT2D eigenvalue weighted by Crippen LogP contribution is -2.25. The van der Waals surface area contributed by atoms with E-state index in [0.29, 0.717) is 5.92 Å². The number of hydrogen-bond donors (Lipinski definition) is 0. The van der Waals surface area contributed by atoms with Crippen molar-refractivity contribution in [2.24, 2.45) is 5.92 Å². The molecular formula is C22H25I. The summed E-state index contributed by atoms with van der Waals surface area (Å²) in [7, 11) is 0. The van der Waals surface area contributed by atoms with Gasteiger partial charge in [0.15, 0.2) is 0 Å². The monoisotopic (exact) mass is 416 g/mol. The summed E-state index contributed by atoms with van der Waals surface area (Å²) in [6.07, 6.45) is 12.4. The summed E-state index contributed by atoms with van der Waals surface area (Å²) in [4.78, 5) is 0. The normalized spacial score (nSPS) is 22.0. The van der Waals surface area contributed by atoms with Crippen LogP contribution in [0.1, 0.15) is 44.2 Å². The van der Waals surface area contributed by atoms with E-state index in [2.05, 4.69) is 85.5 Å². The molecule has 0 fully saturated rings. The van der Waals surface area contributed by atoms with Gasteiger partial charge in [0.25, 0.3) is 0 Å². The second-order valence-corrected chi connectivity index (χ2v) is 8.14. The zero-order valence-corrected chi connectivity index (χ0v) is 16.3. The van der Waals surface area contributed by atoms with Gasteiger partial charge in [-0.1, -0.05) is 91.6 Å². The van der Waals surface area contributed by atoms with Gasteiger partial charge in [-0.05, 0) is 62.9 Å². The number of allylic oxidation sites excluding steroid dienone is 7. The topological polar surface area (TPSA) is 0 Å². The Balaban J connectivity index is 1.98. The molecule has 1 heteroatoms. The van der Waals surface area contributed by atoms with Gasteiger partial charge in [-0.15, -0.1) is 0 Å². The predicted octanol–water partition coefficient (Wildman–Crippen LogP) is 6.64. The Morgan fingerprint density at radius 2 is 2.09 bits per heavy atom. The first kappa shape index (κ1) is 16.8. The highest BCUT2D eigenvalue weighted by Crippen LogP contribution is 2.54. The summed E-state index contributed by atoms with van der Waals surface area (Å²) in [6, 6.07) is 8.94. The number of rotatable bonds is 5. The molecule has 0 radical (unpaired) electrons. The molecule has 2 aliphatic carbocycles. The third-order valence-electron chi connectivity index (χ3n) is 5.38. The zero-order chi connectivity index (χ0) is 16.4. The summed E-state index contributed by atoms with van der Waals surface area (Å²) in [5.74, 6) is 0.590. The van der Waals surface area contributed by atoms with Crippen molar-refractivity contribution in [2.45, 2.75) is 38.5 Å². The van der Waals surface area contributed by atoms with Crippen LogP contribution >= 0.6 is 22.6 Å². The summed E-state index contributed by atoms with van der Waals surface area (Å²) in [6.45, 7) is 8.72. The van der Waals surface area contributed by atoms with Crippen LogP contribution in [0.2, 0.25) is 0 Å². The second kappa shape index (κ2) is 6.80. The Kier molecular flexibility index (Phi) is 4.96. The average molecular weight is 416 g/mol. The molecule has 0 bridgehead atoms. The van der Waals surface area contributed by atoms with Crippen LogP contribution in [0.3, 0.4) is 0 Å². The van der Waals surface area contributed by atoms with Gasteiger partial charge in [-0.25, -0.2) is 0 Å². The Hall–Kier alpha value is -1.09. The molecule has 23 heavy (non-hydrogen) atoms. The van der Waals surface area contributed by atoms with Crippen molar-refractivity contribution in [1.29, 1.82) is 0 Å². The number of benzene rings is 1. The number of hydrogen-bond acceptors (Lipinski definition) is 0. The summed E-state index contributed by atoms with van der Waals surface area (Å²) >= 11 is 2.47. The minimum absolute atomic E-state index is 0.213. The van der Waals surface area contributed by atoms with E-state index in [-0.39, 0.29) is 5.41 Å². The van der Waals surface area contributed by atoms with Crippen LogP contribution in [0, 0.1) is 5.92 Å². The average Bonchev–Trinajstić information content (AvgIpc) is 2.80. The fraction of sp³-hybridized carbons (Fsp3) is 0.364. The molecule has 1 atom stereocenters. The van der Waals surface area contributed by atoms with Gasteiger partial charge in [0.05, 0.1) is 0 Å². The van der Waals surface area contributed by atoms with E-state index in [9.17, 15) is 0 Å². The largest absolute Gasteiger partial charge is 0.0991 e. The lowest BCUT2D eigenvalue weighted by Gasteiger charge is -2.32. The molecule has 0 N–H and O–H groups in total. The number of halogens is 1. The number of alkyl halides is 1. The lowest BCUT2D eigenvalue weighted by molar-refractivity contribution is 0.408. The molecule has 0 amide bonds. The molecule has 1 unspecified atom stereocenters. The van der Waals surface area contributed by atoms with E-state index < -0.39 is 0 Å². The van der Waals surface area contributed by atoms with Gasteiger partial charge in [0.1, 0.15) is 0 Å². The van der Waals surface area contributed by atoms with Crippen LogP contribution in [-0.4, -0.2) is 4.43 Å². The Bertz CT molecular complexity index is 700. The number of fused-ring (bicyclic) bond motifs is 3. The molecule has 0 spiro atoms. The van der Waals surface area contributed by atoms with Crippen molar-refractivity contribution in [3.8, 4) is 0 Å². The van der Waals surface area contributed by atoms with Crippen LogP contribution in [-0.2, 0) is 5.41 Å². The molecule has 0 saturated carbocycles. The molecule has 3 rings (SSSR count). The van der Waals surface area contributed by atoms with E-state index >= 15 is 0 Å². The maximum absolute atomic E-state index is 3.91. The van der Waals surface area contributed by atoms with Crippen molar-refractivity contribution in [1.82, 2.24) is 0 Å². The van der Waals surface area contributed by atoms with E-state index in [0.717, 1.165) is 12.8 Å². The van der Waals surface area contributed by atoms with Gasteiger partial charge in [-0.3, -0.25) is 0 Å². The van der Waals surface area contributed by atoms with Crippen LogP contribution in [0.4, 0.5) is 0 Å². The SMILES string of the molecule is C=C/C=C(\CCCI)C1=CC=C2c3ccccc3C(C)(C)C2C1. The molecule has 2 aliphatic rings. The summed E-state index contributed by atoms with van der Waals surface area (Å²) < 4.78 is 1.21. The highest BCUT2D eigenvalue weighted by molar-refractivity contribution is 14.1. The second-order valence-electron chi connectivity index (χ2n) is 7.06. The third-order valence-corrected chi connectivity index (χ3v) is 6.14. The lowest BCUT2D eigenvalue weighted by atomic mass is 9.72. The van der Waals surface area contributed by atoms with E-state index in [1.807, 2.05) is 6.08 Å². The van der Waals surface area contributed by atoms with Crippen molar-refractivity contribution in [2.75, 3.05) is 4.43 Å². The van der Waals surface area contributed by atoms with Crippen LogP contribution < -0.4 is 0 Å². The molecular weight excluding hydrogens is 391 g/mol. The van der Waals surface area contributed by atoms with Gasteiger partial charge in [0, 0.05) is 0 Å². The van der Waals surface area contributed by atoms with E-state index in [4.69, 9.17) is 0 Å². The molecule has 0 saturated heterocycles. The maximum Gasteiger partial charge on any atom is -0.000156 e. The van der Waals surface area contributed by atoms with Crippen molar-refractivity contribution in [3.05, 3.63) is 77.4 Å². The third kappa shape index (κ3) is 3.00. The highest BCUT2D eigenvalue weighted by Gasteiger charge is 2.43. The van der Waals surface area contributed by atoms with Crippen LogP contribution in [0.15, 0.2) is 66.3 Å². The van der Waals surface area contributed by atoms with Gasteiger partial charge < -0.3 is 0 Å². The molecule has 0 nitrogen and oxygen atoms in total. The first-order chi connectivity index (χ1) is 11.1. The molecule has 120 valence electrons. The zero-order valence-electron chi connectivity index (χ0n) is 14.1. The smallest absolute Gasteiger partial charge is 0.000156 e. The molecule has 1 aromatic carbocycles. The van der Waals surface area contributed by atoms with E-state index in [1.165, 1.54) is 38.7 Å². The fourth-order valence-electron chi connectivity index (χ4n) is 4.10. The minimum Gasteiger partial charge on any atom is -0.0991 e. The van der Waals surface area contributed by atoms with Crippen molar-refractivity contribution >= 4 is 28.2 Å². The van der Waals surface area contributed by atoms with Gasteiger partial charge in [-0.2, -0.15) is 0 Å². The minimum atomic E-state index is 0.213. The van der Waals surface area contributed by atoms with Gasteiger partial charge >= 0.3 is 0 Å². The van der Waals surface area contributed by atoms with Gasteiger partial charge in [0.2, 0.25) is 0 Å².